The van der Waals surface area contributed by atoms with E-state index in [2.05, 4.69) is 19.2 Å². The highest BCUT2D eigenvalue weighted by Crippen LogP contribution is 2.30. The van der Waals surface area contributed by atoms with E-state index >= 15 is 0 Å². The molecular weight excluding hydrogens is 314 g/mol. The standard InChI is InChI=1S/C15H10F2N2O2.C3H8/c16-10-6-5-9(7-11(10)17)15(21)19-8-14(20)18-12-3-1-2-4-13(12)19;1-3-2/h1-7H,8H2,(H,18,20);3H2,1-2H3. The summed E-state index contributed by atoms with van der Waals surface area (Å²) >= 11 is 0. The van der Waals surface area contributed by atoms with Crippen molar-refractivity contribution < 1.29 is 18.4 Å². The van der Waals surface area contributed by atoms with Crippen LogP contribution in [0.15, 0.2) is 42.5 Å². The molecule has 0 saturated carbocycles. The second kappa shape index (κ2) is 7.68. The van der Waals surface area contributed by atoms with Crippen LogP contribution in [0.2, 0.25) is 0 Å². The number of carbonyl (C=O) groups excluding carboxylic acids is 2. The Balaban J connectivity index is 0.000000647. The van der Waals surface area contributed by atoms with Crippen LogP contribution >= 0.6 is 0 Å². The van der Waals surface area contributed by atoms with Crippen LogP contribution in [0.4, 0.5) is 20.2 Å². The van der Waals surface area contributed by atoms with Crippen LogP contribution in [0, 0.1) is 11.6 Å². The SMILES string of the molecule is CCC.O=C1CN(C(=O)c2ccc(F)c(F)c2)c2ccccc2N1. The van der Waals surface area contributed by atoms with Crippen LogP contribution in [0.5, 0.6) is 0 Å². The average Bonchev–Trinajstić information content (AvgIpc) is 2.56. The Kier molecular flexibility index (Phi) is 5.63. The van der Waals surface area contributed by atoms with Gasteiger partial charge in [0.15, 0.2) is 11.6 Å². The maximum atomic E-state index is 13.3. The van der Waals surface area contributed by atoms with Gasteiger partial charge in [-0.3, -0.25) is 14.5 Å². The number of fused-ring (bicyclic) bond motifs is 1. The number of para-hydroxylation sites is 2. The Morgan fingerprint density at radius 3 is 2.46 bits per heavy atom. The highest BCUT2D eigenvalue weighted by atomic mass is 19.2. The van der Waals surface area contributed by atoms with E-state index in [1.165, 1.54) is 17.4 Å². The number of halogens is 2. The fraction of sp³-hybridized carbons (Fsp3) is 0.222. The Bertz CT molecular complexity index is 762. The molecule has 1 aliphatic heterocycles. The van der Waals surface area contributed by atoms with E-state index in [0.717, 1.165) is 12.1 Å². The van der Waals surface area contributed by atoms with E-state index in [-0.39, 0.29) is 18.0 Å². The molecule has 126 valence electrons. The van der Waals surface area contributed by atoms with Gasteiger partial charge in [-0.15, -0.1) is 0 Å². The summed E-state index contributed by atoms with van der Waals surface area (Å²) in [6.07, 6.45) is 1.25. The minimum Gasteiger partial charge on any atom is -0.323 e. The fourth-order valence-electron chi connectivity index (χ4n) is 2.20. The molecule has 1 aliphatic rings. The van der Waals surface area contributed by atoms with Crippen molar-refractivity contribution in [2.75, 3.05) is 16.8 Å². The number of nitrogens with one attached hydrogen (secondary N) is 1. The van der Waals surface area contributed by atoms with Gasteiger partial charge < -0.3 is 5.32 Å². The van der Waals surface area contributed by atoms with Gasteiger partial charge >= 0.3 is 0 Å². The molecule has 0 spiro atoms. The molecular formula is C18H18F2N2O2. The summed E-state index contributed by atoms with van der Waals surface area (Å²) in [6, 6.07) is 9.69. The average molecular weight is 332 g/mol. The predicted octanol–water partition coefficient (Wildman–Crippen LogP) is 3.98. The van der Waals surface area contributed by atoms with Gasteiger partial charge in [-0.05, 0) is 30.3 Å². The number of anilines is 2. The van der Waals surface area contributed by atoms with Gasteiger partial charge in [-0.2, -0.15) is 0 Å². The van der Waals surface area contributed by atoms with E-state index in [1.54, 1.807) is 24.3 Å². The molecule has 0 bridgehead atoms. The molecule has 4 nitrogen and oxygen atoms in total. The summed E-state index contributed by atoms with van der Waals surface area (Å²) in [5.41, 5.74) is 1.01. The molecule has 2 amide bonds. The number of rotatable bonds is 1. The van der Waals surface area contributed by atoms with Gasteiger partial charge in [0.2, 0.25) is 5.91 Å². The van der Waals surface area contributed by atoms with Crippen molar-refractivity contribution in [3.05, 3.63) is 59.7 Å². The minimum absolute atomic E-state index is 0.0154. The summed E-state index contributed by atoms with van der Waals surface area (Å²) in [4.78, 5) is 25.3. The maximum Gasteiger partial charge on any atom is 0.258 e. The summed E-state index contributed by atoms with van der Waals surface area (Å²) in [5, 5.41) is 2.65. The summed E-state index contributed by atoms with van der Waals surface area (Å²) in [5.74, 6) is -3.03. The second-order valence-electron chi connectivity index (χ2n) is 5.29. The van der Waals surface area contributed by atoms with E-state index in [0.29, 0.717) is 11.4 Å². The third kappa shape index (κ3) is 3.76. The molecule has 1 N–H and O–H groups in total. The fourth-order valence-corrected chi connectivity index (χ4v) is 2.20. The van der Waals surface area contributed by atoms with Gasteiger partial charge in [-0.25, -0.2) is 8.78 Å². The third-order valence-electron chi connectivity index (χ3n) is 3.18. The summed E-state index contributed by atoms with van der Waals surface area (Å²) in [7, 11) is 0. The molecule has 0 atom stereocenters. The summed E-state index contributed by atoms with van der Waals surface area (Å²) in [6.45, 7) is 4.08. The molecule has 1 heterocycles. The van der Waals surface area contributed by atoms with E-state index < -0.39 is 17.5 Å². The number of benzene rings is 2. The van der Waals surface area contributed by atoms with Crippen LogP contribution < -0.4 is 10.2 Å². The highest BCUT2D eigenvalue weighted by Gasteiger charge is 2.27. The number of amides is 2. The van der Waals surface area contributed by atoms with Crippen molar-refractivity contribution in [1.29, 1.82) is 0 Å². The lowest BCUT2D eigenvalue weighted by Gasteiger charge is -2.29. The largest absolute Gasteiger partial charge is 0.323 e. The molecule has 24 heavy (non-hydrogen) atoms. The second-order valence-corrected chi connectivity index (χ2v) is 5.29. The number of hydrogen-bond acceptors (Lipinski definition) is 2. The lowest BCUT2D eigenvalue weighted by molar-refractivity contribution is -0.115. The smallest absolute Gasteiger partial charge is 0.258 e. The van der Waals surface area contributed by atoms with Crippen LogP contribution in [0.1, 0.15) is 30.6 Å². The van der Waals surface area contributed by atoms with E-state index in [1.807, 2.05) is 0 Å². The predicted molar refractivity (Wildman–Crippen MR) is 89.1 cm³/mol. The van der Waals surface area contributed by atoms with Crippen molar-refractivity contribution in [2.45, 2.75) is 20.3 Å². The Labute approximate surface area is 139 Å². The highest BCUT2D eigenvalue weighted by molar-refractivity contribution is 6.15. The maximum absolute atomic E-state index is 13.3. The van der Waals surface area contributed by atoms with Crippen LogP contribution in [0.3, 0.4) is 0 Å². The minimum atomic E-state index is -1.10. The first-order chi connectivity index (χ1) is 11.5. The van der Waals surface area contributed by atoms with E-state index in [9.17, 15) is 18.4 Å². The van der Waals surface area contributed by atoms with Gasteiger partial charge in [0.1, 0.15) is 6.54 Å². The molecule has 6 heteroatoms. The topological polar surface area (TPSA) is 49.4 Å². The number of hydrogen-bond donors (Lipinski definition) is 1. The van der Waals surface area contributed by atoms with Crippen molar-refractivity contribution >= 4 is 23.2 Å². The lowest BCUT2D eigenvalue weighted by atomic mass is 10.1. The zero-order chi connectivity index (χ0) is 17.7. The van der Waals surface area contributed by atoms with Gasteiger partial charge in [0.05, 0.1) is 11.4 Å². The van der Waals surface area contributed by atoms with Crippen molar-refractivity contribution in [2.24, 2.45) is 0 Å². The first kappa shape index (κ1) is 17.6. The Morgan fingerprint density at radius 1 is 1.12 bits per heavy atom. The first-order valence-corrected chi connectivity index (χ1v) is 7.63. The molecule has 0 fully saturated rings. The van der Waals surface area contributed by atoms with Gasteiger partial charge in [0.25, 0.3) is 5.91 Å². The van der Waals surface area contributed by atoms with Crippen molar-refractivity contribution in [1.82, 2.24) is 0 Å². The van der Waals surface area contributed by atoms with Crippen LogP contribution in [0.25, 0.3) is 0 Å². The molecule has 3 rings (SSSR count). The quantitative estimate of drug-likeness (QED) is 0.859. The zero-order valence-corrected chi connectivity index (χ0v) is 13.5. The molecule has 0 radical (unpaired) electrons. The monoisotopic (exact) mass is 332 g/mol. The van der Waals surface area contributed by atoms with Crippen molar-refractivity contribution in [3.8, 4) is 0 Å². The van der Waals surface area contributed by atoms with Crippen LogP contribution in [-0.4, -0.2) is 18.4 Å². The number of carbonyl (C=O) groups is 2. The molecule has 0 unspecified atom stereocenters. The molecule has 0 aromatic heterocycles. The summed E-state index contributed by atoms with van der Waals surface area (Å²) < 4.78 is 26.2. The van der Waals surface area contributed by atoms with Crippen molar-refractivity contribution in [3.63, 3.8) is 0 Å². The lowest BCUT2D eigenvalue weighted by Crippen LogP contribution is -2.42. The molecule has 2 aromatic carbocycles. The zero-order valence-electron chi connectivity index (χ0n) is 13.5. The normalized spacial score (nSPS) is 12.7. The molecule has 2 aromatic rings. The van der Waals surface area contributed by atoms with Gasteiger partial charge in [-0.1, -0.05) is 32.4 Å². The van der Waals surface area contributed by atoms with E-state index in [4.69, 9.17) is 0 Å². The number of nitrogens with zero attached hydrogens (tertiary/aromatic N) is 1. The van der Waals surface area contributed by atoms with Crippen LogP contribution in [-0.2, 0) is 4.79 Å². The Hall–Kier alpha value is -2.76. The molecule has 0 saturated heterocycles. The molecule has 0 aliphatic carbocycles. The van der Waals surface area contributed by atoms with Gasteiger partial charge in [0, 0.05) is 5.56 Å². The Morgan fingerprint density at radius 2 is 1.79 bits per heavy atom. The first-order valence-electron chi connectivity index (χ1n) is 7.63. The third-order valence-corrected chi connectivity index (χ3v) is 3.18.